The van der Waals surface area contributed by atoms with Crippen LogP contribution in [0.25, 0.3) is 0 Å². The maximum atomic E-state index is 12.0. The Hall–Kier alpha value is -1.87. The molecule has 0 saturated heterocycles. The van der Waals surface area contributed by atoms with E-state index in [4.69, 9.17) is 25.8 Å². The molecule has 0 radical (unpaired) electrons. The molecule has 0 aliphatic rings. The monoisotopic (exact) mass is 318 g/mol. The average molecular weight is 318 g/mol. The fourth-order valence-electron chi connectivity index (χ4n) is 1.08. The first-order chi connectivity index (χ1) is 9.71. The molecule has 9 nitrogen and oxygen atoms in total. The van der Waals surface area contributed by atoms with Gasteiger partial charge in [0.1, 0.15) is 17.4 Å². The Balaban J connectivity index is 5.17. The Morgan fingerprint density at radius 2 is 1.50 bits per heavy atom. The van der Waals surface area contributed by atoms with Crippen LogP contribution in [0, 0.1) is 0 Å². The Kier molecular flexibility index (Phi) is 6.78. The van der Waals surface area contributed by atoms with Gasteiger partial charge in [0.25, 0.3) is 0 Å². The molecule has 0 aromatic heterocycles. The highest BCUT2D eigenvalue weighted by molar-refractivity contribution is 5.97. The van der Waals surface area contributed by atoms with Crippen molar-refractivity contribution in [2.45, 2.75) is 65.9 Å². The number of nitrogens with two attached hydrogens (primary N) is 2. The standard InChI is InChI=1S/C13H26N4O5/c1-8(14)22-17(11(19)21-13(5,6)7)9(15)16-10(18)20-12(2,3)4/h8H,14H2,1-7H3,(H2,15,16,18). The summed E-state index contributed by atoms with van der Waals surface area (Å²) >= 11 is 0. The van der Waals surface area contributed by atoms with Crippen LogP contribution in [0.15, 0.2) is 4.99 Å². The number of hydroxylamine groups is 2. The minimum absolute atomic E-state index is 0.514. The van der Waals surface area contributed by atoms with Gasteiger partial charge in [-0.2, -0.15) is 0 Å². The second-order valence-corrected chi connectivity index (χ2v) is 6.54. The van der Waals surface area contributed by atoms with Gasteiger partial charge in [0, 0.05) is 0 Å². The summed E-state index contributed by atoms with van der Waals surface area (Å²) in [6, 6.07) is 0. The predicted octanol–water partition coefficient (Wildman–Crippen LogP) is 1.71. The largest absolute Gasteiger partial charge is 0.442 e. The van der Waals surface area contributed by atoms with E-state index in [1.165, 1.54) is 6.92 Å². The number of aliphatic imine (C=N–C) groups is 1. The molecule has 0 spiro atoms. The second kappa shape index (κ2) is 7.41. The van der Waals surface area contributed by atoms with Crippen LogP contribution in [0.4, 0.5) is 9.59 Å². The molecule has 22 heavy (non-hydrogen) atoms. The highest BCUT2D eigenvalue weighted by Gasteiger charge is 2.28. The van der Waals surface area contributed by atoms with E-state index in [-0.39, 0.29) is 0 Å². The lowest BCUT2D eigenvalue weighted by atomic mass is 10.2. The number of hydrogen-bond acceptors (Lipinski definition) is 6. The van der Waals surface area contributed by atoms with Crippen molar-refractivity contribution in [3.05, 3.63) is 0 Å². The van der Waals surface area contributed by atoms with Gasteiger partial charge >= 0.3 is 12.2 Å². The van der Waals surface area contributed by atoms with Crippen LogP contribution >= 0.6 is 0 Å². The molecular formula is C13H26N4O5. The van der Waals surface area contributed by atoms with Crippen LogP contribution < -0.4 is 11.5 Å². The van der Waals surface area contributed by atoms with Gasteiger partial charge in [-0.25, -0.2) is 14.4 Å². The number of nitrogens with zero attached hydrogens (tertiary/aromatic N) is 2. The molecule has 1 atom stereocenters. The van der Waals surface area contributed by atoms with Gasteiger partial charge < -0.3 is 20.9 Å². The van der Waals surface area contributed by atoms with E-state index in [1.807, 2.05) is 0 Å². The first-order valence-electron chi connectivity index (χ1n) is 6.74. The van der Waals surface area contributed by atoms with Gasteiger partial charge in [-0.05, 0) is 48.5 Å². The molecule has 0 heterocycles. The summed E-state index contributed by atoms with van der Waals surface area (Å²) in [4.78, 5) is 32.1. The number of ether oxygens (including phenoxy) is 2. The van der Waals surface area contributed by atoms with Crippen molar-refractivity contribution < 1.29 is 23.9 Å². The van der Waals surface area contributed by atoms with Gasteiger partial charge in [-0.1, -0.05) is 0 Å². The van der Waals surface area contributed by atoms with Crippen LogP contribution in [0.1, 0.15) is 48.5 Å². The predicted molar refractivity (Wildman–Crippen MR) is 80.7 cm³/mol. The first kappa shape index (κ1) is 20.1. The molecule has 9 heteroatoms. The summed E-state index contributed by atoms with van der Waals surface area (Å²) in [5.74, 6) is -0.541. The van der Waals surface area contributed by atoms with Crippen LogP contribution in [-0.4, -0.2) is 40.6 Å². The van der Waals surface area contributed by atoms with Gasteiger partial charge in [0.15, 0.2) is 0 Å². The van der Waals surface area contributed by atoms with Crippen molar-refractivity contribution in [1.82, 2.24) is 5.06 Å². The first-order valence-corrected chi connectivity index (χ1v) is 6.74. The Bertz CT molecular complexity index is 435. The summed E-state index contributed by atoms with van der Waals surface area (Å²) in [7, 11) is 0. The second-order valence-electron chi connectivity index (χ2n) is 6.54. The van der Waals surface area contributed by atoms with Crippen LogP contribution in [0.5, 0.6) is 0 Å². The fraction of sp³-hybridized carbons (Fsp3) is 0.769. The highest BCUT2D eigenvalue weighted by Crippen LogP contribution is 2.12. The smallest absolute Gasteiger partial charge is 0.442 e. The Morgan fingerprint density at radius 3 is 1.86 bits per heavy atom. The number of guanidine groups is 1. The maximum absolute atomic E-state index is 12.0. The van der Waals surface area contributed by atoms with E-state index < -0.39 is 35.6 Å². The SMILES string of the molecule is CC(N)ON(C(=O)OC(C)(C)C)/C(N)=N/C(=O)OC(C)(C)C. The minimum Gasteiger partial charge on any atom is -0.442 e. The van der Waals surface area contributed by atoms with E-state index in [0.717, 1.165) is 0 Å². The molecule has 0 aromatic rings. The highest BCUT2D eigenvalue weighted by atomic mass is 16.7. The zero-order chi connectivity index (χ0) is 17.7. The molecule has 0 bridgehead atoms. The molecule has 0 rings (SSSR count). The summed E-state index contributed by atoms with van der Waals surface area (Å²) in [6.07, 6.45) is -2.79. The van der Waals surface area contributed by atoms with Crippen molar-refractivity contribution in [1.29, 1.82) is 0 Å². The number of carbonyl (C=O) groups is 2. The zero-order valence-corrected chi connectivity index (χ0v) is 14.2. The molecule has 4 N–H and O–H groups in total. The minimum atomic E-state index is -0.966. The third-order valence-corrected chi connectivity index (χ3v) is 1.64. The Labute approximate surface area is 130 Å². The third-order valence-electron chi connectivity index (χ3n) is 1.64. The molecule has 0 aromatic carbocycles. The quantitative estimate of drug-likeness (QED) is 0.343. The van der Waals surface area contributed by atoms with Gasteiger partial charge in [0.05, 0.1) is 0 Å². The Morgan fingerprint density at radius 1 is 1.05 bits per heavy atom. The van der Waals surface area contributed by atoms with Crippen molar-refractivity contribution in [2.24, 2.45) is 16.5 Å². The normalized spacial score (nSPS) is 14.3. The average Bonchev–Trinajstić information content (AvgIpc) is 2.19. The summed E-state index contributed by atoms with van der Waals surface area (Å²) < 4.78 is 10.1. The number of rotatable bonds is 2. The molecule has 1 unspecified atom stereocenters. The van der Waals surface area contributed by atoms with E-state index >= 15 is 0 Å². The zero-order valence-electron chi connectivity index (χ0n) is 14.2. The summed E-state index contributed by atoms with van der Waals surface area (Å²) in [6.45, 7) is 11.5. The van der Waals surface area contributed by atoms with Crippen molar-refractivity contribution >= 4 is 18.1 Å². The summed E-state index contributed by atoms with van der Waals surface area (Å²) in [5.41, 5.74) is 9.53. The molecular weight excluding hydrogens is 292 g/mol. The lowest BCUT2D eigenvalue weighted by molar-refractivity contribution is -0.131. The number of amides is 2. The van der Waals surface area contributed by atoms with Gasteiger partial charge in [-0.3, -0.25) is 0 Å². The van der Waals surface area contributed by atoms with E-state index in [2.05, 4.69) is 4.99 Å². The molecule has 0 aliphatic carbocycles. The van der Waals surface area contributed by atoms with Crippen LogP contribution in [0.3, 0.4) is 0 Å². The lowest BCUT2D eigenvalue weighted by Crippen LogP contribution is -2.48. The van der Waals surface area contributed by atoms with Crippen LogP contribution in [-0.2, 0) is 14.3 Å². The van der Waals surface area contributed by atoms with Crippen molar-refractivity contribution in [2.75, 3.05) is 0 Å². The summed E-state index contributed by atoms with van der Waals surface area (Å²) in [5, 5.41) is 0.514. The molecule has 0 fully saturated rings. The molecule has 0 aliphatic heterocycles. The molecule has 128 valence electrons. The molecule has 0 saturated carbocycles. The maximum Gasteiger partial charge on any atom is 0.442 e. The van der Waals surface area contributed by atoms with E-state index in [9.17, 15) is 9.59 Å². The number of hydrogen-bond donors (Lipinski definition) is 2. The van der Waals surface area contributed by atoms with Crippen LogP contribution in [0.2, 0.25) is 0 Å². The van der Waals surface area contributed by atoms with E-state index in [1.54, 1.807) is 41.5 Å². The fourth-order valence-corrected chi connectivity index (χ4v) is 1.08. The van der Waals surface area contributed by atoms with Gasteiger partial charge in [0.2, 0.25) is 5.96 Å². The van der Waals surface area contributed by atoms with Crippen molar-refractivity contribution in [3.8, 4) is 0 Å². The van der Waals surface area contributed by atoms with Gasteiger partial charge in [-0.15, -0.1) is 10.1 Å². The van der Waals surface area contributed by atoms with Crippen molar-refractivity contribution in [3.63, 3.8) is 0 Å². The topological polar surface area (TPSA) is 129 Å². The number of carbonyl (C=O) groups excluding carboxylic acids is 2. The lowest BCUT2D eigenvalue weighted by Gasteiger charge is -2.26. The third kappa shape index (κ3) is 9.14. The molecule has 2 amide bonds. The van der Waals surface area contributed by atoms with E-state index in [0.29, 0.717) is 5.06 Å².